The quantitative estimate of drug-likeness (QED) is 0.850. The number of anilines is 2. The van der Waals surface area contributed by atoms with E-state index in [0.717, 1.165) is 37.2 Å². The van der Waals surface area contributed by atoms with Crippen LogP contribution in [-0.2, 0) is 12.8 Å². The second-order valence-electron chi connectivity index (χ2n) is 4.87. The van der Waals surface area contributed by atoms with Gasteiger partial charge in [-0.2, -0.15) is 0 Å². The first-order chi connectivity index (χ1) is 9.33. The van der Waals surface area contributed by atoms with Gasteiger partial charge in [0.2, 0.25) is 5.89 Å². The fourth-order valence-electron chi connectivity index (χ4n) is 2.39. The molecule has 0 amide bonds. The van der Waals surface area contributed by atoms with Gasteiger partial charge in [0, 0.05) is 25.2 Å². The lowest BCUT2D eigenvalue weighted by molar-refractivity contribution is 0.489. The highest BCUT2D eigenvalue weighted by atomic mass is 16.4. The molecule has 5 nitrogen and oxygen atoms in total. The van der Waals surface area contributed by atoms with Crippen LogP contribution < -0.4 is 10.6 Å². The number of para-hydroxylation sites is 1. The van der Waals surface area contributed by atoms with Crippen LogP contribution in [0.4, 0.5) is 11.7 Å². The van der Waals surface area contributed by atoms with Gasteiger partial charge in [0.15, 0.2) is 0 Å². The van der Waals surface area contributed by atoms with Crippen LogP contribution in [0.3, 0.4) is 0 Å². The number of nitrogens with two attached hydrogens (primary N) is 1. The topological polar surface area (TPSA) is 68.2 Å². The molecule has 0 aliphatic carbocycles. The van der Waals surface area contributed by atoms with E-state index in [-0.39, 0.29) is 0 Å². The maximum atomic E-state index is 5.91. The summed E-state index contributed by atoms with van der Waals surface area (Å²) in [5.41, 5.74) is 7.86. The Kier molecular flexibility index (Phi) is 3.35. The van der Waals surface area contributed by atoms with Crippen LogP contribution in [-0.4, -0.2) is 23.3 Å². The molecule has 0 bridgehead atoms. The first-order valence-electron chi connectivity index (χ1n) is 6.73. The number of aryl methyl sites for hydroxylation is 2. The summed E-state index contributed by atoms with van der Waals surface area (Å²) in [6.45, 7) is 2.04. The number of hydrogen-bond acceptors (Lipinski definition) is 5. The van der Waals surface area contributed by atoms with E-state index in [2.05, 4.69) is 15.1 Å². The largest absolute Gasteiger partial charge is 0.408 e. The predicted molar refractivity (Wildman–Crippen MR) is 74.0 cm³/mol. The summed E-state index contributed by atoms with van der Waals surface area (Å²) in [4.78, 5) is 2.15. The van der Waals surface area contributed by atoms with Crippen LogP contribution in [0, 0.1) is 0 Å². The molecule has 0 unspecified atom stereocenters. The zero-order valence-electron chi connectivity index (χ0n) is 10.9. The number of nitrogens with zero attached hydrogens (tertiary/aromatic N) is 3. The maximum absolute atomic E-state index is 5.91. The van der Waals surface area contributed by atoms with Crippen LogP contribution in [0.2, 0.25) is 0 Å². The number of hydrogen-bond donors (Lipinski definition) is 1. The highest BCUT2D eigenvalue weighted by Crippen LogP contribution is 2.19. The van der Waals surface area contributed by atoms with Crippen molar-refractivity contribution in [2.45, 2.75) is 25.7 Å². The minimum absolute atomic E-state index is 0.661. The lowest BCUT2D eigenvalue weighted by Crippen LogP contribution is -2.17. The van der Waals surface area contributed by atoms with Gasteiger partial charge in [0.25, 0.3) is 0 Å². The van der Waals surface area contributed by atoms with Crippen molar-refractivity contribution >= 4 is 11.7 Å². The highest BCUT2D eigenvalue weighted by molar-refractivity contribution is 5.46. The summed E-state index contributed by atoms with van der Waals surface area (Å²) in [5.74, 6) is 0.685. The molecule has 0 atom stereocenters. The molecule has 3 rings (SSSR count). The fourth-order valence-corrected chi connectivity index (χ4v) is 2.39. The molecule has 1 aliphatic rings. The van der Waals surface area contributed by atoms with E-state index in [9.17, 15) is 0 Å². The Morgan fingerprint density at radius 3 is 2.68 bits per heavy atom. The van der Waals surface area contributed by atoms with Crippen LogP contribution in [0.25, 0.3) is 0 Å². The van der Waals surface area contributed by atoms with Crippen molar-refractivity contribution in [3.05, 3.63) is 35.7 Å². The third kappa shape index (κ3) is 2.70. The molecule has 0 radical (unpaired) electrons. The normalized spacial score (nSPS) is 15.1. The summed E-state index contributed by atoms with van der Waals surface area (Å²) in [7, 11) is 0. The number of nitrogen functional groups attached to an aromatic ring is 1. The summed E-state index contributed by atoms with van der Waals surface area (Å²) < 4.78 is 5.69. The van der Waals surface area contributed by atoms with Gasteiger partial charge in [-0.25, -0.2) is 0 Å². The Labute approximate surface area is 112 Å². The Morgan fingerprint density at radius 1 is 1.11 bits per heavy atom. The molecule has 0 spiro atoms. The molecule has 1 fully saturated rings. The van der Waals surface area contributed by atoms with E-state index in [4.69, 9.17) is 10.2 Å². The van der Waals surface area contributed by atoms with Crippen molar-refractivity contribution < 1.29 is 4.42 Å². The maximum Gasteiger partial charge on any atom is 0.318 e. The van der Waals surface area contributed by atoms with Gasteiger partial charge in [0.1, 0.15) is 0 Å². The monoisotopic (exact) mass is 258 g/mol. The number of benzene rings is 1. The van der Waals surface area contributed by atoms with Crippen molar-refractivity contribution in [1.29, 1.82) is 0 Å². The summed E-state index contributed by atoms with van der Waals surface area (Å²) in [6, 6.07) is 8.55. The smallest absolute Gasteiger partial charge is 0.318 e. The van der Waals surface area contributed by atoms with E-state index in [1.165, 1.54) is 12.8 Å². The molecular formula is C14H18N4O. The molecule has 1 aliphatic heterocycles. The van der Waals surface area contributed by atoms with Crippen LogP contribution in [0.5, 0.6) is 0 Å². The molecule has 2 N–H and O–H groups in total. The van der Waals surface area contributed by atoms with E-state index in [1.54, 1.807) is 0 Å². The summed E-state index contributed by atoms with van der Waals surface area (Å²) in [6.07, 6.45) is 3.97. The first-order valence-corrected chi connectivity index (χ1v) is 6.73. The third-order valence-corrected chi connectivity index (χ3v) is 3.50. The van der Waals surface area contributed by atoms with Gasteiger partial charge in [-0.15, -0.1) is 5.10 Å². The highest BCUT2D eigenvalue weighted by Gasteiger charge is 2.18. The zero-order chi connectivity index (χ0) is 13.1. The molecule has 2 aromatic rings. The van der Waals surface area contributed by atoms with Gasteiger partial charge in [-0.1, -0.05) is 23.3 Å². The minimum Gasteiger partial charge on any atom is -0.408 e. The van der Waals surface area contributed by atoms with E-state index in [1.807, 2.05) is 24.3 Å². The van der Waals surface area contributed by atoms with Crippen molar-refractivity contribution in [3.8, 4) is 0 Å². The molecule has 19 heavy (non-hydrogen) atoms. The van der Waals surface area contributed by atoms with Gasteiger partial charge in [-0.3, -0.25) is 0 Å². The van der Waals surface area contributed by atoms with Crippen LogP contribution in [0.15, 0.2) is 28.7 Å². The van der Waals surface area contributed by atoms with Crippen molar-refractivity contribution in [1.82, 2.24) is 10.2 Å². The molecule has 5 heteroatoms. The Morgan fingerprint density at radius 2 is 1.89 bits per heavy atom. The molecule has 1 aromatic heterocycles. The van der Waals surface area contributed by atoms with E-state index >= 15 is 0 Å². The van der Waals surface area contributed by atoms with Crippen molar-refractivity contribution in [2.24, 2.45) is 0 Å². The predicted octanol–water partition coefficient (Wildman–Crippen LogP) is 2.04. The molecular weight excluding hydrogens is 240 g/mol. The molecule has 0 saturated carbocycles. The second-order valence-corrected chi connectivity index (χ2v) is 4.87. The molecule has 100 valence electrons. The van der Waals surface area contributed by atoms with E-state index < -0.39 is 0 Å². The van der Waals surface area contributed by atoms with Crippen molar-refractivity contribution in [3.63, 3.8) is 0 Å². The molecule has 1 saturated heterocycles. The Bertz CT molecular complexity index is 546. The first kappa shape index (κ1) is 12.0. The Balaban J connectivity index is 1.63. The van der Waals surface area contributed by atoms with Crippen molar-refractivity contribution in [2.75, 3.05) is 23.7 Å². The second kappa shape index (κ2) is 5.30. The molecule has 2 heterocycles. The SMILES string of the molecule is Nc1ccccc1CCc1nnc(N2CCCC2)o1. The average molecular weight is 258 g/mol. The average Bonchev–Trinajstić information content (AvgIpc) is 3.09. The lowest BCUT2D eigenvalue weighted by Gasteiger charge is -2.09. The van der Waals surface area contributed by atoms with Gasteiger partial charge >= 0.3 is 6.01 Å². The lowest BCUT2D eigenvalue weighted by atomic mass is 10.1. The number of rotatable bonds is 4. The Hall–Kier alpha value is -2.04. The standard InChI is InChI=1S/C14H18N4O/c15-12-6-2-1-5-11(12)7-8-13-16-17-14(19-13)18-9-3-4-10-18/h1-2,5-6H,3-4,7-10,15H2. The van der Waals surface area contributed by atoms with E-state index in [0.29, 0.717) is 11.9 Å². The minimum atomic E-state index is 0.661. The summed E-state index contributed by atoms with van der Waals surface area (Å²) in [5, 5.41) is 8.22. The van der Waals surface area contributed by atoms with Gasteiger partial charge < -0.3 is 15.1 Å². The van der Waals surface area contributed by atoms with Crippen LogP contribution in [0.1, 0.15) is 24.3 Å². The van der Waals surface area contributed by atoms with Crippen LogP contribution >= 0.6 is 0 Å². The molecule has 1 aromatic carbocycles. The fraction of sp³-hybridized carbons (Fsp3) is 0.429. The number of aromatic nitrogens is 2. The van der Waals surface area contributed by atoms with Gasteiger partial charge in [-0.05, 0) is 30.9 Å². The third-order valence-electron chi connectivity index (χ3n) is 3.50. The van der Waals surface area contributed by atoms with Gasteiger partial charge in [0.05, 0.1) is 0 Å². The summed E-state index contributed by atoms with van der Waals surface area (Å²) >= 11 is 0. The zero-order valence-corrected chi connectivity index (χ0v) is 10.9.